The van der Waals surface area contributed by atoms with E-state index in [0.29, 0.717) is 28.1 Å². The number of benzene rings is 3. The van der Waals surface area contributed by atoms with Gasteiger partial charge in [-0.05, 0) is 50.2 Å². The summed E-state index contributed by atoms with van der Waals surface area (Å²) in [5, 5.41) is 21.4. The molecule has 1 heterocycles. The smallest absolute Gasteiger partial charge is 0.269 e. The van der Waals surface area contributed by atoms with Crippen molar-refractivity contribution in [2.24, 2.45) is 0 Å². The molecule has 0 fully saturated rings. The summed E-state index contributed by atoms with van der Waals surface area (Å²) < 4.78 is 1.67. The number of nitro groups is 1. The molecule has 2 N–H and O–H groups in total. The molecule has 0 atom stereocenters. The molecule has 0 radical (unpaired) electrons. The minimum atomic E-state index is -0.465. The molecule has 0 aliphatic carbocycles. The van der Waals surface area contributed by atoms with Crippen molar-refractivity contribution in [1.29, 1.82) is 0 Å². The molecule has 0 saturated carbocycles. The fraction of sp³-hybridized carbons (Fsp3) is 0.148. The summed E-state index contributed by atoms with van der Waals surface area (Å²) in [6.07, 6.45) is 1.75. The highest BCUT2D eigenvalue weighted by Crippen LogP contribution is 2.27. The molecule has 0 aliphatic heterocycles. The van der Waals surface area contributed by atoms with Crippen LogP contribution in [0, 0.1) is 10.1 Å². The fourth-order valence-electron chi connectivity index (χ4n) is 3.73. The Labute approximate surface area is 207 Å². The molecule has 2 amide bonds. The van der Waals surface area contributed by atoms with Crippen molar-refractivity contribution in [2.75, 3.05) is 5.32 Å². The van der Waals surface area contributed by atoms with Gasteiger partial charge in [0.15, 0.2) is 0 Å². The summed E-state index contributed by atoms with van der Waals surface area (Å²) in [6, 6.07) is 22.3. The van der Waals surface area contributed by atoms with Gasteiger partial charge in [0.1, 0.15) is 0 Å². The van der Waals surface area contributed by atoms with Crippen LogP contribution in [-0.4, -0.2) is 32.6 Å². The van der Waals surface area contributed by atoms with Crippen molar-refractivity contribution in [3.05, 3.63) is 106 Å². The first kappa shape index (κ1) is 24.3. The molecule has 0 aliphatic rings. The number of amides is 2. The van der Waals surface area contributed by atoms with Gasteiger partial charge in [0.25, 0.3) is 11.6 Å². The lowest BCUT2D eigenvalue weighted by atomic mass is 10.0. The van der Waals surface area contributed by atoms with Gasteiger partial charge in [0.2, 0.25) is 5.91 Å². The van der Waals surface area contributed by atoms with Crippen molar-refractivity contribution in [3.8, 4) is 16.9 Å². The molecular formula is C27H25N5O4. The monoisotopic (exact) mass is 483 g/mol. The topological polar surface area (TPSA) is 119 Å². The third-order valence-corrected chi connectivity index (χ3v) is 5.38. The Kier molecular flexibility index (Phi) is 7.20. The number of rotatable bonds is 8. The van der Waals surface area contributed by atoms with Crippen LogP contribution in [0.5, 0.6) is 0 Å². The Hall–Kier alpha value is -4.79. The SMILES string of the molecule is CC(C)NC(=O)c1ccccc1NC(=O)Cc1cn(-c2ccccc2)nc1-c1ccc([N+](=O)[O-])cc1. The quantitative estimate of drug-likeness (QED) is 0.276. The highest BCUT2D eigenvalue weighted by Gasteiger charge is 2.19. The Morgan fingerprint density at radius 2 is 1.64 bits per heavy atom. The summed E-state index contributed by atoms with van der Waals surface area (Å²) in [6.45, 7) is 3.73. The van der Waals surface area contributed by atoms with E-state index in [1.54, 1.807) is 47.3 Å². The molecule has 4 aromatic rings. The molecule has 0 unspecified atom stereocenters. The number of aromatic nitrogens is 2. The van der Waals surface area contributed by atoms with E-state index in [0.717, 1.165) is 5.69 Å². The molecule has 1 aromatic heterocycles. The maximum absolute atomic E-state index is 13.1. The van der Waals surface area contributed by atoms with Gasteiger partial charge in [-0.3, -0.25) is 19.7 Å². The summed E-state index contributed by atoms with van der Waals surface area (Å²) >= 11 is 0. The number of anilines is 1. The van der Waals surface area contributed by atoms with Crippen molar-refractivity contribution < 1.29 is 14.5 Å². The highest BCUT2D eigenvalue weighted by molar-refractivity contribution is 6.04. The van der Waals surface area contributed by atoms with Gasteiger partial charge >= 0.3 is 0 Å². The van der Waals surface area contributed by atoms with Gasteiger partial charge in [0.05, 0.1) is 34.0 Å². The first-order chi connectivity index (χ1) is 17.3. The number of hydrogen-bond donors (Lipinski definition) is 2. The second-order valence-corrected chi connectivity index (χ2v) is 8.49. The fourth-order valence-corrected chi connectivity index (χ4v) is 3.73. The van der Waals surface area contributed by atoms with Gasteiger partial charge in [-0.2, -0.15) is 5.10 Å². The Bertz CT molecular complexity index is 1400. The van der Waals surface area contributed by atoms with Crippen molar-refractivity contribution in [2.45, 2.75) is 26.3 Å². The van der Waals surface area contributed by atoms with Gasteiger partial charge < -0.3 is 10.6 Å². The van der Waals surface area contributed by atoms with Crippen LogP contribution in [0.1, 0.15) is 29.8 Å². The molecule has 36 heavy (non-hydrogen) atoms. The minimum Gasteiger partial charge on any atom is -0.350 e. The molecule has 3 aromatic carbocycles. The predicted molar refractivity (Wildman–Crippen MR) is 137 cm³/mol. The van der Waals surface area contributed by atoms with E-state index < -0.39 is 4.92 Å². The van der Waals surface area contributed by atoms with E-state index in [9.17, 15) is 19.7 Å². The van der Waals surface area contributed by atoms with Crippen LogP contribution in [0.2, 0.25) is 0 Å². The maximum atomic E-state index is 13.1. The highest BCUT2D eigenvalue weighted by atomic mass is 16.6. The number of non-ortho nitro benzene ring substituents is 1. The standard InChI is InChI=1S/C27H25N5O4/c1-18(2)28-27(34)23-10-6-7-11-24(23)29-25(33)16-20-17-31(21-8-4-3-5-9-21)30-26(20)19-12-14-22(15-13-19)32(35)36/h3-15,17-18H,16H2,1-2H3,(H,28,34)(H,29,33). The Morgan fingerprint density at radius 3 is 2.31 bits per heavy atom. The first-order valence-electron chi connectivity index (χ1n) is 11.4. The normalized spacial score (nSPS) is 10.8. The predicted octanol–water partition coefficient (Wildman–Crippen LogP) is 4.77. The van der Waals surface area contributed by atoms with E-state index >= 15 is 0 Å². The van der Waals surface area contributed by atoms with Gasteiger partial charge in [0, 0.05) is 35.5 Å². The third kappa shape index (κ3) is 5.64. The molecule has 9 nitrogen and oxygen atoms in total. The number of nitrogens with zero attached hydrogens (tertiary/aromatic N) is 3. The second kappa shape index (κ2) is 10.6. The number of nitrogens with one attached hydrogen (secondary N) is 2. The van der Waals surface area contributed by atoms with Crippen LogP contribution in [0.4, 0.5) is 11.4 Å². The molecule has 0 bridgehead atoms. The largest absolute Gasteiger partial charge is 0.350 e. The number of carbonyl (C=O) groups excluding carboxylic acids is 2. The average molecular weight is 484 g/mol. The molecule has 0 spiro atoms. The Morgan fingerprint density at radius 1 is 0.972 bits per heavy atom. The summed E-state index contributed by atoms with van der Waals surface area (Å²) in [5.74, 6) is -0.597. The van der Waals surface area contributed by atoms with E-state index in [4.69, 9.17) is 0 Å². The van der Waals surface area contributed by atoms with E-state index in [1.165, 1.54) is 12.1 Å². The van der Waals surface area contributed by atoms with Crippen LogP contribution in [0.25, 0.3) is 16.9 Å². The van der Waals surface area contributed by atoms with Crippen LogP contribution in [0.15, 0.2) is 85.1 Å². The van der Waals surface area contributed by atoms with Crippen LogP contribution < -0.4 is 10.6 Å². The summed E-state index contributed by atoms with van der Waals surface area (Å²) in [5.41, 5.74) is 3.38. The third-order valence-electron chi connectivity index (χ3n) is 5.38. The molecule has 182 valence electrons. The lowest BCUT2D eigenvalue weighted by Crippen LogP contribution is -2.31. The molecule has 4 rings (SSSR count). The zero-order valence-corrected chi connectivity index (χ0v) is 19.8. The number of para-hydroxylation sites is 2. The van der Waals surface area contributed by atoms with Crippen LogP contribution >= 0.6 is 0 Å². The zero-order chi connectivity index (χ0) is 25.7. The molecule has 9 heteroatoms. The second-order valence-electron chi connectivity index (χ2n) is 8.49. The maximum Gasteiger partial charge on any atom is 0.269 e. The Balaban J connectivity index is 1.64. The lowest BCUT2D eigenvalue weighted by molar-refractivity contribution is -0.384. The van der Waals surface area contributed by atoms with E-state index in [-0.39, 0.29) is 30.0 Å². The zero-order valence-electron chi connectivity index (χ0n) is 19.8. The van der Waals surface area contributed by atoms with E-state index in [1.807, 2.05) is 44.2 Å². The summed E-state index contributed by atoms with van der Waals surface area (Å²) in [7, 11) is 0. The molecule has 0 saturated heterocycles. The summed E-state index contributed by atoms with van der Waals surface area (Å²) in [4.78, 5) is 36.2. The van der Waals surface area contributed by atoms with Gasteiger partial charge in [-0.15, -0.1) is 0 Å². The number of nitro benzene ring substituents is 1. The van der Waals surface area contributed by atoms with Crippen molar-refractivity contribution >= 4 is 23.2 Å². The lowest BCUT2D eigenvalue weighted by Gasteiger charge is -2.13. The van der Waals surface area contributed by atoms with Gasteiger partial charge in [-0.25, -0.2) is 4.68 Å². The first-order valence-corrected chi connectivity index (χ1v) is 11.4. The van der Waals surface area contributed by atoms with E-state index in [2.05, 4.69) is 15.7 Å². The van der Waals surface area contributed by atoms with Crippen LogP contribution in [-0.2, 0) is 11.2 Å². The molecular weight excluding hydrogens is 458 g/mol. The van der Waals surface area contributed by atoms with Crippen LogP contribution in [0.3, 0.4) is 0 Å². The van der Waals surface area contributed by atoms with Gasteiger partial charge in [-0.1, -0.05) is 30.3 Å². The minimum absolute atomic E-state index is 0.0146. The van der Waals surface area contributed by atoms with Crippen molar-refractivity contribution in [1.82, 2.24) is 15.1 Å². The number of hydrogen-bond acceptors (Lipinski definition) is 5. The van der Waals surface area contributed by atoms with Crippen molar-refractivity contribution in [3.63, 3.8) is 0 Å². The average Bonchev–Trinajstić information content (AvgIpc) is 3.28. The number of carbonyl (C=O) groups is 2.